The zero-order valence-corrected chi connectivity index (χ0v) is 17.2. The Morgan fingerprint density at radius 3 is 2.40 bits per heavy atom. The summed E-state index contributed by atoms with van der Waals surface area (Å²) < 4.78 is 11.6. The van der Waals surface area contributed by atoms with Crippen LogP contribution in [0.25, 0.3) is 0 Å². The summed E-state index contributed by atoms with van der Waals surface area (Å²) >= 11 is 0. The van der Waals surface area contributed by atoms with Crippen LogP contribution in [0, 0.1) is 0 Å². The van der Waals surface area contributed by atoms with Gasteiger partial charge in [-0.3, -0.25) is 9.59 Å². The Bertz CT molecular complexity index is 863. The van der Waals surface area contributed by atoms with Crippen molar-refractivity contribution in [1.82, 2.24) is 4.90 Å². The van der Waals surface area contributed by atoms with Crippen molar-refractivity contribution in [3.8, 4) is 5.75 Å². The van der Waals surface area contributed by atoms with E-state index in [9.17, 15) is 9.59 Å². The van der Waals surface area contributed by atoms with E-state index in [0.29, 0.717) is 32.8 Å². The van der Waals surface area contributed by atoms with Crippen LogP contribution in [0.4, 0.5) is 5.69 Å². The Hall–Kier alpha value is -2.86. The Kier molecular flexibility index (Phi) is 6.64. The third kappa shape index (κ3) is 5.00. The summed E-state index contributed by atoms with van der Waals surface area (Å²) in [5.74, 6) is 0.743. The molecular weight excluding hydrogens is 380 g/mol. The average Bonchev–Trinajstić information content (AvgIpc) is 2.81. The van der Waals surface area contributed by atoms with Crippen molar-refractivity contribution in [2.45, 2.75) is 38.4 Å². The number of carbonyl (C=O) groups excluding carboxylic acids is 2. The molecule has 1 fully saturated rings. The van der Waals surface area contributed by atoms with Gasteiger partial charge in [-0.15, -0.1) is 0 Å². The van der Waals surface area contributed by atoms with Gasteiger partial charge in [-0.1, -0.05) is 42.5 Å². The SMILES string of the molecule is O=C(CCC(=O)N1CCOc2ccccc21)N1CCC(OCc2ccccc2)CC1. The lowest BCUT2D eigenvalue weighted by Crippen LogP contribution is -2.42. The van der Waals surface area contributed by atoms with Gasteiger partial charge in [-0.05, 0) is 30.5 Å². The van der Waals surface area contributed by atoms with Gasteiger partial charge in [0.15, 0.2) is 0 Å². The van der Waals surface area contributed by atoms with Gasteiger partial charge in [-0.2, -0.15) is 0 Å². The van der Waals surface area contributed by atoms with Crippen molar-refractivity contribution in [3.63, 3.8) is 0 Å². The molecule has 4 rings (SSSR count). The van der Waals surface area contributed by atoms with Gasteiger partial charge >= 0.3 is 0 Å². The normalized spacial score (nSPS) is 16.7. The summed E-state index contributed by atoms with van der Waals surface area (Å²) in [5, 5.41) is 0. The number of anilines is 1. The first-order valence-corrected chi connectivity index (χ1v) is 10.7. The molecule has 0 bridgehead atoms. The molecule has 0 aliphatic carbocycles. The van der Waals surface area contributed by atoms with Crippen molar-refractivity contribution in [3.05, 3.63) is 60.2 Å². The van der Waals surface area contributed by atoms with Gasteiger partial charge in [0, 0.05) is 25.9 Å². The van der Waals surface area contributed by atoms with Gasteiger partial charge in [0.05, 0.1) is 24.9 Å². The van der Waals surface area contributed by atoms with Crippen molar-refractivity contribution in [1.29, 1.82) is 0 Å². The van der Waals surface area contributed by atoms with Gasteiger partial charge in [0.2, 0.25) is 11.8 Å². The molecule has 2 heterocycles. The first kappa shape index (κ1) is 20.4. The van der Waals surface area contributed by atoms with Gasteiger partial charge in [0.25, 0.3) is 0 Å². The highest BCUT2D eigenvalue weighted by Crippen LogP contribution is 2.31. The summed E-state index contributed by atoms with van der Waals surface area (Å²) in [4.78, 5) is 28.9. The first-order chi connectivity index (χ1) is 14.7. The largest absolute Gasteiger partial charge is 0.490 e. The van der Waals surface area contributed by atoms with Crippen LogP contribution >= 0.6 is 0 Å². The number of piperidine rings is 1. The fourth-order valence-corrected chi connectivity index (χ4v) is 4.00. The van der Waals surface area contributed by atoms with Crippen LogP contribution in [-0.2, 0) is 20.9 Å². The fourth-order valence-electron chi connectivity index (χ4n) is 4.00. The highest BCUT2D eigenvalue weighted by molar-refractivity contribution is 5.97. The Labute approximate surface area is 177 Å². The number of hydrogen-bond acceptors (Lipinski definition) is 4. The molecule has 0 atom stereocenters. The Morgan fingerprint density at radius 2 is 1.60 bits per heavy atom. The van der Waals surface area contributed by atoms with Crippen molar-refractivity contribution in [2.24, 2.45) is 0 Å². The number of rotatable bonds is 6. The topological polar surface area (TPSA) is 59.1 Å². The van der Waals surface area contributed by atoms with E-state index in [1.165, 1.54) is 5.56 Å². The van der Waals surface area contributed by atoms with Gasteiger partial charge < -0.3 is 19.3 Å². The van der Waals surface area contributed by atoms with E-state index < -0.39 is 0 Å². The molecule has 0 unspecified atom stereocenters. The van der Waals surface area contributed by atoms with Crippen LogP contribution in [0.1, 0.15) is 31.2 Å². The molecule has 6 nitrogen and oxygen atoms in total. The standard InChI is InChI=1S/C24H28N2O4/c27-23(10-11-24(28)26-16-17-29-22-9-5-4-8-21(22)26)25-14-12-20(13-15-25)30-18-19-6-2-1-3-7-19/h1-9,20H,10-18H2. The highest BCUT2D eigenvalue weighted by Gasteiger charge is 2.26. The second-order valence-electron chi connectivity index (χ2n) is 7.74. The van der Waals surface area contributed by atoms with Crippen LogP contribution < -0.4 is 9.64 Å². The molecule has 30 heavy (non-hydrogen) atoms. The minimum absolute atomic E-state index is 0.0276. The highest BCUT2D eigenvalue weighted by atomic mass is 16.5. The van der Waals surface area contributed by atoms with Crippen LogP contribution in [0.15, 0.2) is 54.6 Å². The van der Waals surface area contributed by atoms with E-state index in [2.05, 4.69) is 12.1 Å². The molecule has 2 aliphatic heterocycles. The number of amides is 2. The Balaban J connectivity index is 1.20. The van der Waals surface area contributed by atoms with Crippen molar-refractivity contribution < 1.29 is 19.1 Å². The zero-order valence-electron chi connectivity index (χ0n) is 17.2. The predicted octanol–water partition coefficient (Wildman–Crippen LogP) is 3.40. The molecule has 0 spiro atoms. The van der Waals surface area contributed by atoms with Gasteiger partial charge in [0.1, 0.15) is 12.4 Å². The van der Waals surface area contributed by atoms with E-state index in [1.807, 2.05) is 47.4 Å². The molecule has 2 amide bonds. The molecule has 0 N–H and O–H groups in total. The van der Waals surface area contributed by atoms with Crippen LogP contribution in [0.2, 0.25) is 0 Å². The lowest BCUT2D eigenvalue weighted by Gasteiger charge is -2.32. The second kappa shape index (κ2) is 9.76. The maximum atomic E-state index is 12.7. The maximum absolute atomic E-state index is 12.7. The molecule has 158 valence electrons. The lowest BCUT2D eigenvalue weighted by molar-refractivity contribution is -0.135. The number of benzene rings is 2. The lowest BCUT2D eigenvalue weighted by atomic mass is 10.1. The molecule has 0 aromatic heterocycles. The molecule has 1 saturated heterocycles. The fraction of sp³-hybridized carbons (Fsp3) is 0.417. The quantitative estimate of drug-likeness (QED) is 0.735. The van der Waals surface area contributed by atoms with Crippen LogP contribution in [-0.4, -0.2) is 49.1 Å². The number of ether oxygens (including phenoxy) is 2. The maximum Gasteiger partial charge on any atom is 0.227 e. The smallest absolute Gasteiger partial charge is 0.227 e. The summed E-state index contributed by atoms with van der Waals surface area (Å²) in [7, 11) is 0. The van der Waals surface area contributed by atoms with Crippen LogP contribution in [0.3, 0.4) is 0 Å². The van der Waals surface area contributed by atoms with E-state index in [4.69, 9.17) is 9.47 Å². The number of hydrogen-bond donors (Lipinski definition) is 0. The third-order valence-electron chi connectivity index (χ3n) is 5.71. The van der Waals surface area contributed by atoms with Gasteiger partial charge in [-0.25, -0.2) is 0 Å². The summed E-state index contributed by atoms with van der Waals surface area (Å²) in [5.41, 5.74) is 1.96. The summed E-state index contributed by atoms with van der Waals surface area (Å²) in [6.07, 6.45) is 2.32. The first-order valence-electron chi connectivity index (χ1n) is 10.7. The molecule has 2 aromatic rings. The number of para-hydroxylation sites is 2. The number of nitrogens with zero attached hydrogens (tertiary/aromatic N) is 2. The third-order valence-corrected chi connectivity index (χ3v) is 5.71. The van der Waals surface area contributed by atoms with E-state index >= 15 is 0 Å². The van der Waals surface area contributed by atoms with Crippen molar-refractivity contribution in [2.75, 3.05) is 31.1 Å². The predicted molar refractivity (Wildman–Crippen MR) is 114 cm³/mol. The average molecular weight is 408 g/mol. The molecule has 0 radical (unpaired) electrons. The second-order valence-corrected chi connectivity index (χ2v) is 7.74. The molecule has 2 aliphatic rings. The summed E-state index contributed by atoms with van der Waals surface area (Å²) in [6, 6.07) is 17.7. The van der Waals surface area contributed by atoms with E-state index in [-0.39, 0.29) is 30.8 Å². The zero-order chi connectivity index (χ0) is 20.8. The number of fused-ring (bicyclic) bond motifs is 1. The van der Waals surface area contributed by atoms with Crippen molar-refractivity contribution >= 4 is 17.5 Å². The molecular formula is C24H28N2O4. The number of likely N-dealkylation sites (tertiary alicyclic amines) is 1. The minimum Gasteiger partial charge on any atom is -0.490 e. The molecule has 6 heteroatoms. The monoisotopic (exact) mass is 408 g/mol. The van der Waals surface area contributed by atoms with Crippen LogP contribution in [0.5, 0.6) is 5.75 Å². The van der Waals surface area contributed by atoms with E-state index in [1.54, 1.807) is 4.90 Å². The molecule has 2 aromatic carbocycles. The summed E-state index contributed by atoms with van der Waals surface area (Å²) in [6.45, 7) is 2.98. The minimum atomic E-state index is -0.0276. The van der Waals surface area contributed by atoms with E-state index in [0.717, 1.165) is 24.3 Å². The molecule has 0 saturated carbocycles. The number of carbonyl (C=O) groups is 2. The Morgan fingerprint density at radius 1 is 0.900 bits per heavy atom.